The molecular formula is C19H20Cl2N2O2. The summed E-state index contributed by atoms with van der Waals surface area (Å²) in [7, 11) is 0. The first-order chi connectivity index (χ1) is 12.1. The number of amides is 1. The van der Waals surface area contributed by atoms with Gasteiger partial charge in [-0.05, 0) is 35.9 Å². The molecule has 1 amide bonds. The molecule has 2 aromatic rings. The smallest absolute Gasteiger partial charge is 0.251 e. The highest BCUT2D eigenvalue weighted by Gasteiger charge is 2.25. The Hall–Kier alpha value is -1.59. The molecule has 6 heteroatoms. The first-order valence-electron chi connectivity index (χ1n) is 8.25. The first kappa shape index (κ1) is 18.2. The Kier molecular flexibility index (Phi) is 6.32. The highest BCUT2D eigenvalue weighted by molar-refractivity contribution is 6.31. The van der Waals surface area contributed by atoms with Crippen LogP contribution < -0.4 is 5.32 Å². The van der Waals surface area contributed by atoms with Gasteiger partial charge in [0.25, 0.3) is 5.91 Å². The van der Waals surface area contributed by atoms with Gasteiger partial charge in [0.2, 0.25) is 0 Å². The van der Waals surface area contributed by atoms with E-state index in [1.54, 1.807) is 24.3 Å². The van der Waals surface area contributed by atoms with Crippen molar-refractivity contribution in [1.29, 1.82) is 0 Å². The van der Waals surface area contributed by atoms with Gasteiger partial charge in [-0.2, -0.15) is 0 Å². The van der Waals surface area contributed by atoms with Crippen molar-refractivity contribution in [2.75, 3.05) is 32.8 Å². The summed E-state index contributed by atoms with van der Waals surface area (Å²) in [5.41, 5.74) is 1.60. The number of benzene rings is 2. The lowest BCUT2D eigenvalue weighted by Crippen LogP contribution is -2.44. The van der Waals surface area contributed by atoms with E-state index in [1.807, 2.05) is 24.3 Å². The number of rotatable bonds is 5. The van der Waals surface area contributed by atoms with Gasteiger partial charge in [-0.1, -0.05) is 41.4 Å². The molecule has 1 N–H and O–H groups in total. The van der Waals surface area contributed by atoms with Gasteiger partial charge >= 0.3 is 0 Å². The van der Waals surface area contributed by atoms with Crippen LogP contribution in [0.3, 0.4) is 0 Å². The third-order valence-electron chi connectivity index (χ3n) is 4.31. The van der Waals surface area contributed by atoms with Crippen LogP contribution in [0.5, 0.6) is 0 Å². The molecule has 1 saturated heterocycles. The van der Waals surface area contributed by atoms with Crippen LogP contribution in [-0.4, -0.2) is 43.7 Å². The van der Waals surface area contributed by atoms with E-state index in [2.05, 4.69) is 10.2 Å². The molecule has 1 heterocycles. The summed E-state index contributed by atoms with van der Waals surface area (Å²) in [6, 6.07) is 14.6. The zero-order valence-corrected chi connectivity index (χ0v) is 15.3. The fourth-order valence-corrected chi connectivity index (χ4v) is 3.35. The van der Waals surface area contributed by atoms with Gasteiger partial charge in [0.05, 0.1) is 19.3 Å². The summed E-state index contributed by atoms with van der Waals surface area (Å²) in [6.07, 6.45) is 0. The van der Waals surface area contributed by atoms with Crippen molar-refractivity contribution in [3.63, 3.8) is 0 Å². The molecule has 132 valence electrons. The van der Waals surface area contributed by atoms with E-state index in [-0.39, 0.29) is 11.9 Å². The summed E-state index contributed by atoms with van der Waals surface area (Å²) in [4.78, 5) is 14.7. The van der Waals surface area contributed by atoms with Gasteiger partial charge < -0.3 is 10.1 Å². The lowest BCUT2D eigenvalue weighted by atomic mass is 10.0. The maximum atomic E-state index is 12.4. The van der Waals surface area contributed by atoms with Crippen molar-refractivity contribution in [1.82, 2.24) is 10.2 Å². The average Bonchev–Trinajstić information content (AvgIpc) is 2.64. The van der Waals surface area contributed by atoms with Crippen LogP contribution in [0.1, 0.15) is 22.0 Å². The van der Waals surface area contributed by atoms with Crippen LogP contribution in [0.2, 0.25) is 10.0 Å². The van der Waals surface area contributed by atoms with Crippen molar-refractivity contribution < 1.29 is 9.53 Å². The third kappa shape index (κ3) is 4.73. The summed E-state index contributed by atoms with van der Waals surface area (Å²) >= 11 is 12.3. The van der Waals surface area contributed by atoms with Gasteiger partial charge in [0.1, 0.15) is 0 Å². The monoisotopic (exact) mass is 378 g/mol. The predicted molar refractivity (Wildman–Crippen MR) is 100 cm³/mol. The van der Waals surface area contributed by atoms with Crippen LogP contribution in [-0.2, 0) is 4.74 Å². The number of nitrogens with one attached hydrogen (secondary N) is 1. The van der Waals surface area contributed by atoms with E-state index in [0.717, 1.165) is 18.7 Å². The Balaban J connectivity index is 1.74. The van der Waals surface area contributed by atoms with Crippen LogP contribution in [0.15, 0.2) is 48.5 Å². The second kappa shape index (κ2) is 8.68. The van der Waals surface area contributed by atoms with Crippen molar-refractivity contribution in [2.45, 2.75) is 6.04 Å². The molecule has 1 fully saturated rings. The molecule has 0 spiro atoms. The van der Waals surface area contributed by atoms with Crippen LogP contribution in [0, 0.1) is 0 Å². The molecular weight excluding hydrogens is 359 g/mol. The number of carbonyl (C=O) groups is 1. The maximum Gasteiger partial charge on any atom is 0.251 e. The zero-order chi connectivity index (χ0) is 17.6. The SMILES string of the molecule is O=C(NCC(c1ccccc1Cl)N1CCOCC1)c1ccc(Cl)cc1. The second-order valence-electron chi connectivity index (χ2n) is 5.90. The number of hydrogen-bond acceptors (Lipinski definition) is 3. The number of carbonyl (C=O) groups excluding carboxylic acids is 1. The normalized spacial score (nSPS) is 16.4. The number of halogens is 2. The van der Waals surface area contributed by atoms with Crippen molar-refractivity contribution in [3.05, 3.63) is 69.7 Å². The molecule has 0 aromatic heterocycles. The Bertz CT molecular complexity index is 716. The molecule has 0 aliphatic carbocycles. The Labute approximate surface area is 157 Å². The van der Waals surface area contributed by atoms with Crippen LogP contribution >= 0.6 is 23.2 Å². The highest BCUT2D eigenvalue weighted by atomic mass is 35.5. The van der Waals surface area contributed by atoms with E-state index in [1.165, 1.54) is 0 Å². The zero-order valence-electron chi connectivity index (χ0n) is 13.8. The van der Waals surface area contributed by atoms with E-state index < -0.39 is 0 Å². The molecule has 2 aromatic carbocycles. The second-order valence-corrected chi connectivity index (χ2v) is 6.75. The summed E-state index contributed by atoms with van der Waals surface area (Å²) in [5.74, 6) is -0.123. The lowest BCUT2D eigenvalue weighted by molar-refractivity contribution is 0.0162. The molecule has 1 aliphatic heterocycles. The molecule has 0 radical (unpaired) electrons. The van der Waals surface area contributed by atoms with Gasteiger partial charge in [-0.3, -0.25) is 9.69 Å². The minimum atomic E-state index is -0.123. The Morgan fingerprint density at radius 3 is 2.44 bits per heavy atom. The minimum absolute atomic E-state index is 0.00819. The highest BCUT2D eigenvalue weighted by Crippen LogP contribution is 2.27. The molecule has 25 heavy (non-hydrogen) atoms. The Morgan fingerprint density at radius 1 is 1.08 bits per heavy atom. The van der Waals surface area contributed by atoms with E-state index >= 15 is 0 Å². The van der Waals surface area contributed by atoms with Crippen LogP contribution in [0.25, 0.3) is 0 Å². The predicted octanol–water partition coefficient (Wildman–Crippen LogP) is 3.80. The minimum Gasteiger partial charge on any atom is -0.379 e. The lowest BCUT2D eigenvalue weighted by Gasteiger charge is -2.35. The summed E-state index contributed by atoms with van der Waals surface area (Å²) in [5, 5.41) is 4.34. The van der Waals surface area contributed by atoms with E-state index in [9.17, 15) is 4.79 Å². The van der Waals surface area contributed by atoms with Gasteiger partial charge in [-0.15, -0.1) is 0 Å². The first-order valence-corrected chi connectivity index (χ1v) is 9.01. The Morgan fingerprint density at radius 2 is 1.76 bits per heavy atom. The topological polar surface area (TPSA) is 41.6 Å². The molecule has 1 aliphatic rings. The molecule has 1 unspecified atom stereocenters. The number of morpholine rings is 1. The summed E-state index contributed by atoms with van der Waals surface area (Å²) < 4.78 is 5.45. The number of nitrogens with zero attached hydrogens (tertiary/aromatic N) is 1. The van der Waals surface area contributed by atoms with Gasteiger partial charge in [-0.25, -0.2) is 0 Å². The van der Waals surface area contributed by atoms with Crippen molar-refractivity contribution in [3.8, 4) is 0 Å². The quantitative estimate of drug-likeness (QED) is 0.860. The van der Waals surface area contributed by atoms with E-state index in [4.69, 9.17) is 27.9 Å². The largest absolute Gasteiger partial charge is 0.379 e. The number of hydrogen-bond donors (Lipinski definition) is 1. The molecule has 4 nitrogen and oxygen atoms in total. The standard InChI is InChI=1S/C19H20Cl2N2O2/c20-15-7-5-14(6-8-15)19(24)22-13-18(23-9-11-25-12-10-23)16-3-1-2-4-17(16)21/h1-8,18H,9-13H2,(H,22,24). The fraction of sp³-hybridized carbons (Fsp3) is 0.316. The van der Waals surface area contributed by atoms with Crippen molar-refractivity contribution in [2.24, 2.45) is 0 Å². The maximum absolute atomic E-state index is 12.4. The number of ether oxygens (including phenoxy) is 1. The fourth-order valence-electron chi connectivity index (χ4n) is 2.96. The van der Waals surface area contributed by atoms with E-state index in [0.29, 0.717) is 35.4 Å². The summed E-state index contributed by atoms with van der Waals surface area (Å²) in [6.45, 7) is 3.47. The van der Waals surface area contributed by atoms with Gasteiger partial charge in [0.15, 0.2) is 0 Å². The molecule has 0 bridgehead atoms. The third-order valence-corrected chi connectivity index (χ3v) is 4.91. The molecule has 3 rings (SSSR count). The molecule has 0 saturated carbocycles. The van der Waals surface area contributed by atoms with Crippen molar-refractivity contribution >= 4 is 29.1 Å². The van der Waals surface area contributed by atoms with Crippen LogP contribution in [0.4, 0.5) is 0 Å². The van der Waals surface area contributed by atoms with Gasteiger partial charge in [0, 0.05) is 35.2 Å². The molecule has 1 atom stereocenters. The average molecular weight is 379 g/mol.